The van der Waals surface area contributed by atoms with Crippen molar-refractivity contribution in [3.8, 4) is 10.6 Å². The van der Waals surface area contributed by atoms with Crippen molar-refractivity contribution in [2.75, 3.05) is 0 Å². The monoisotopic (exact) mass is 373 g/mol. The molecule has 124 valence electrons. The zero-order chi connectivity index (χ0) is 16.2. The Hall–Kier alpha value is -1.50. The second-order valence-electron chi connectivity index (χ2n) is 5.87. The fourth-order valence-electron chi connectivity index (χ4n) is 2.94. The van der Waals surface area contributed by atoms with Gasteiger partial charge in [0.1, 0.15) is 0 Å². The van der Waals surface area contributed by atoms with E-state index in [2.05, 4.69) is 40.4 Å². The molecular formula is C18H19N3S3. The third-order valence-corrected chi connectivity index (χ3v) is 6.70. The smallest absolute Gasteiger partial charge is 0.206 e. The summed E-state index contributed by atoms with van der Waals surface area (Å²) >= 11 is 5.15. The molecule has 1 fully saturated rings. The minimum Gasteiger partial charge on any atom is -0.254 e. The Balaban J connectivity index is 1.74. The molecule has 0 spiro atoms. The predicted octanol–water partition coefficient (Wildman–Crippen LogP) is 5.46. The molecule has 3 heterocycles. The number of thiophene rings is 2. The van der Waals surface area contributed by atoms with Crippen molar-refractivity contribution in [3.05, 3.63) is 50.1 Å². The van der Waals surface area contributed by atoms with Crippen molar-refractivity contribution in [1.29, 1.82) is 0 Å². The van der Waals surface area contributed by atoms with Crippen LogP contribution in [-0.4, -0.2) is 16.9 Å². The topological polar surface area (TPSA) is 29.6 Å². The maximum absolute atomic E-state index is 5.02. The highest BCUT2D eigenvalue weighted by molar-refractivity contribution is 7.14. The van der Waals surface area contributed by atoms with Gasteiger partial charge in [-0.25, -0.2) is 4.68 Å². The van der Waals surface area contributed by atoms with Crippen LogP contribution in [0.3, 0.4) is 0 Å². The van der Waals surface area contributed by atoms with Crippen molar-refractivity contribution in [2.45, 2.75) is 38.1 Å². The first-order valence-corrected chi connectivity index (χ1v) is 10.9. The van der Waals surface area contributed by atoms with Gasteiger partial charge < -0.3 is 0 Å². The Kier molecular flexibility index (Phi) is 5.06. The fraction of sp³-hybridized carbons (Fsp3) is 0.333. The van der Waals surface area contributed by atoms with Crippen molar-refractivity contribution < 1.29 is 0 Å². The molecule has 3 nitrogen and oxygen atoms in total. The first-order chi connectivity index (χ1) is 11.9. The summed E-state index contributed by atoms with van der Waals surface area (Å²) in [4.78, 5) is 8.43. The Labute approximate surface area is 153 Å². The number of aromatic nitrogens is 1. The van der Waals surface area contributed by atoms with Crippen molar-refractivity contribution in [2.24, 2.45) is 10.1 Å². The summed E-state index contributed by atoms with van der Waals surface area (Å²) in [6.07, 6.45) is 8.31. The van der Waals surface area contributed by atoms with Crippen LogP contribution in [0.15, 0.2) is 50.5 Å². The van der Waals surface area contributed by atoms with Crippen LogP contribution in [0, 0.1) is 0 Å². The number of thiazole rings is 1. The Morgan fingerprint density at radius 2 is 1.83 bits per heavy atom. The van der Waals surface area contributed by atoms with Crippen molar-refractivity contribution in [3.63, 3.8) is 0 Å². The molecule has 0 atom stereocenters. The highest BCUT2D eigenvalue weighted by Gasteiger charge is 2.14. The molecule has 1 aliphatic carbocycles. The summed E-state index contributed by atoms with van der Waals surface area (Å²) in [6.45, 7) is 0. The third kappa shape index (κ3) is 3.61. The lowest BCUT2D eigenvalue weighted by atomic mass is 9.96. The van der Waals surface area contributed by atoms with E-state index in [0.29, 0.717) is 6.04 Å². The van der Waals surface area contributed by atoms with E-state index < -0.39 is 0 Å². The molecule has 0 amide bonds. The van der Waals surface area contributed by atoms with Gasteiger partial charge in [-0.1, -0.05) is 31.4 Å². The summed E-state index contributed by atoms with van der Waals surface area (Å²) in [5.41, 5.74) is 1.14. The predicted molar refractivity (Wildman–Crippen MR) is 105 cm³/mol. The van der Waals surface area contributed by atoms with Crippen LogP contribution in [0.4, 0.5) is 0 Å². The van der Waals surface area contributed by atoms with E-state index in [4.69, 9.17) is 10.1 Å². The van der Waals surface area contributed by atoms with Gasteiger partial charge in [-0.2, -0.15) is 5.10 Å². The Morgan fingerprint density at radius 3 is 2.58 bits per heavy atom. The number of rotatable bonds is 4. The van der Waals surface area contributed by atoms with Gasteiger partial charge in [-0.15, -0.1) is 34.0 Å². The lowest BCUT2D eigenvalue weighted by Crippen LogP contribution is -2.18. The van der Waals surface area contributed by atoms with Crippen LogP contribution in [0.25, 0.3) is 10.6 Å². The first-order valence-electron chi connectivity index (χ1n) is 8.26. The SMILES string of the molecule is C(=Nn1c(-c2cccs2)csc1=NC1CCCCC1)c1cccs1. The van der Waals surface area contributed by atoms with Gasteiger partial charge in [-0.05, 0) is 35.7 Å². The molecule has 0 N–H and O–H groups in total. The van der Waals surface area contributed by atoms with Gasteiger partial charge in [0.2, 0.25) is 4.80 Å². The van der Waals surface area contributed by atoms with Gasteiger partial charge in [0.25, 0.3) is 0 Å². The van der Waals surface area contributed by atoms with Crippen LogP contribution >= 0.6 is 34.0 Å². The van der Waals surface area contributed by atoms with E-state index in [0.717, 1.165) is 15.4 Å². The molecule has 0 radical (unpaired) electrons. The molecule has 0 aliphatic heterocycles. The largest absolute Gasteiger partial charge is 0.254 e. The van der Waals surface area contributed by atoms with E-state index in [9.17, 15) is 0 Å². The zero-order valence-corrected chi connectivity index (χ0v) is 15.7. The van der Waals surface area contributed by atoms with E-state index in [1.54, 1.807) is 34.0 Å². The molecule has 3 aromatic rings. The molecule has 24 heavy (non-hydrogen) atoms. The molecule has 0 saturated heterocycles. The minimum atomic E-state index is 0.455. The fourth-order valence-corrected chi connectivity index (χ4v) is 5.22. The molecule has 0 unspecified atom stereocenters. The molecule has 0 aromatic carbocycles. The maximum atomic E-state index is 5.02. The van der Waals surface area contributed by atoms with Crippen LogP contribution in [0.5, 0.6) is 0 Å². The van der Waals surface area contributed by atoms with Crippen LogP contribution in [-0.2, 0) is 0 Å². The molecule has 3 aromatic heterocycles. The van der Waals surface area contributed by atoms with Gasteiger partial charge >= 0.3 is 0 Å². The molecular weight excluding hydrogens is 354 g/mol. The highest BCUT2D eigenvalue weighted by atomic mass is 32.1. The van der Waals surface area contributed by atoms with E-state index in [1.165, 1.54) is 37.0 Å². The second kappa shape index (κ2) is 7.59. The highest BCUT2D eigenvalue weighted by Crippen LogP contribution is 2.26. The second-order valence-corrected chi connectivity index (χ2v) is 8.64. The molecule has 1 aliphatic rings. The Bertz CT molecular complexity index is 848. The average Bonchev–Trinajstić information content (AvgIpc) is 3.36. The first kappa shape index (κ1) is 16.0. The molecule has 1 saturated carbocycles. The zero-order valence-electron chi connectivity index (χ0n) is 13.3. The van der Waals surface area contributed by atoms with Crippen molar-refractivity contribution in [1.82, 2.24) is 4.68 Å². The minimum absolute atomic E-state index is 0.455. The third-order valence-electron chi connectivity index (χ3n) is 4.17. The normalized spacial score (nSPS) is 17.1. The maximum Gasteiger partial charge on any atom is 0.206 e. The van der Waals surface area contributed by atoms with Crippen LogP contribution < -0.4 is 4.80 Å². The molecule has 4 rings (SSSR count). The van der Waals surface area contributed by atoms with Crippen LogP contribution in [0.2, 0.25) is 0 Å². The molecule has 6 heteroatoms. The van der Waals surface area contributed by atoms with Gasteiger partial charge in [-0.3, -0.25) is 4.99 Å². The standard InChI is InChI=1S/C18H19N3S3/c1-2-6-14(7-3-1)20-18-21(19-12-15-8-4-10-22-15)16(13-24-18)17-9-5-11-23-17/h4-5,8-14H,1-3,6-7H2. The summed E-state index contributed by atoms with van der Waals surface area (Å²) in [6, 6.07) is 8.83. The summed E-state index contributed by atoms with van der Waals surface area (Å²) in [5.74, 6) is 0. The molecule has 0 bridgehead atoms. The van der Waals surface area contributed by atoms with Crippen molar-refractivity contribution >= 4 is 40.2 Å². The summed E-state index contributed by atoms with van der Waals surface area (Å²) in [5, 5.41) is 11.1. The van der Waals surface area contributed by atoms with Gasteiger partial charge in [0, 0.05) is 10.3 Å². The van der Waals surface area contributed by atoms with Gasteiger partial charge in [0.15, 0.2) is 0 Å². The van der Waals surface area contributed by atoms with E-state index in [1.807, 2.05) is 10.9 Å². The summed E-state index contributed by atoms with van der Waals surface area (Å²) < 4.78 is 2.02. The van der Waals surface area contributed by atoms with Gasteiger partial charge in [0.05, 0.1) is 22.8 Å². The average molecular weight is 374 g/mol. The number of nitrogens with zero attached hydrogens (tertiary/aromatic N) is 3. The lowest BCUT2D eigenvalue weighted by molar-refractivity contribution is 0.435. The van der Waals surface area contributed by atoms with E-state index >= 15 is 0 Å². The Morgan fingerprint density at radius 1 is 1.00 bits per heavy atom. The lowest BCUT2D eigenvalue weighted by Gasteiger charge is -2.16. The number of hydrogen-bond donors (Lipinski definition) is 0. The summed E-state index contributed by atoms with van der Waals surface area (Å²) in [7, 11) is 0. The number of hydrogen-bond acceptors (Lipinski definition) is 5. The van der Waals surface area contributed by atoms with E-state index in [-0.39, 0.29) is 0 Å². The van der Waals surface area contributed by atoms with Crippen LogP contribution in [0.1, 0.15) is 37.0 Å². The quantitative estimate of drug-likeness (QED) is 0.544.